The van der Waals surface area contributed by atoms with Gasteiger partial charge in [-0.2, -0.15) is 0 Å². The molecule has 4 heteroatoms. The molecule has 0 fully saturated rings. The molecule has 0 spiro atoms. The minimum absolute atomic E-state index is 0.0990. The summed E-state index contributed by atoms with van der Waals surface area (Å²) in [7, 11) is 2.00. The molecule has 0 aliphatic heterocycles. The standard InChI is InChI=1S/C17H17INOS/c1-19-12-18-17(16-10-5-11-21-16)20-15-9-4-7-13-6-2-3-8-14(13)15/h2-11,17,19H,12H2,1H3/q-1/t17-/m1/s1. The first-order chi connectivity index (χ1) is 10.4. The van der Waals surface area contributed by atoms with Gasteiger partial charge in [-0.1, -0.05) is 0 Å². The Hall–Kier alpha value is -1.11. The molecule has 2 aromatic carbocycles. The molecule has 0 bridgehead atoms. The van der Waals surface area contributed by atoms with Gasteiger partial charge in [0, 0.05) is 0 Å². The zero-order valence-corrected chi connectivity index (χ0v) is 14.7. The van der Waals surface area contributed by atoms with Gasteiger partial charge in [-0.25, -0.2) is 0 Å². The van der Waals surface area contributed by atoms with Gasteiger partial charge in [0.15, 0.2) is 0 Å². The van der Waals surface area contributed by atoms with E-state index in [9.17, 15) is 0 Å². The van der Waals surface area contributed by atoms with E-state index in [0.29, 0.717) is 0 Å². The summed E-state index contributed by atoms with van der Waals surface area (Å²) in [6.45, 7) is 0. The Balaban J connectivity index is 1.90. The van der Waals surface area contributed by atoms with Crippen molar-refractivity contribution in [3.05, 3.63) is 64.9 Å². The second-order valence-corrected chi connectivity index (χ2v) is 8.32. The number of benzene rings is 2. The monoisotopic (exact) mass is 410 g/mol. The number of nitrogens with one attached hydrogen (secondary N) is 1. The van der Waals surface area contributed by atoms with Gasteiger partial charge in [0.2, 0.25) is 0 Å². The SMILES string of the molecule is CNC[I-][C@H](Oc1cccc2ccccc12)c1cccs1. The van der Waals surface area contributed by atoms with Gasteiger partial charge in [-0.15, -0.1) is 0 Å². The molecule has 3 aromatic rings. The van der Waals surface area contributed by atoms with Gasteiger partial charge in [0.1, 0.15) is 0 Å². The Morgan fingerprint density at radius 3 is 2.76 bits per heavy atom. The van der Waals surface area contributed by atoms with Crippen molar-refractivity contribution in [2.75, 3.05) is 11.6 Å². The molecular formula is C17H17INOS-. The molecule has 1 heterocycles. The third-order valence-electron chi connectivity index (χ3n) is 3.10. The summed E-state index contributed by atoms with van der Waals surface area (Å²) >= 11 is 1.68. The average Bonchev–Trinajstić information content (AvgIpc) is 3.06. The van der Waals surface area contributed by atoms with Crippen LogP contribution in [0.15, 0.2) is 60.0 Å². The summed E-state index contributed by atoms with van der Waals surface area (Å²) in [4.78, 5) is 1.32. The van der Waals surface area contributed by atoms with Crippen LogP contribution in [0.4, 0.5) is 0 Å². The second-order valence-electron chi connectivity index (χ2n) is 4.57. The summed E-state index contributed by atoms with van der Waals surface area (Å²) in [6.07, 6.45) is 0. The first-order valence-corrected chi connectivity index (χ1v) is 10.4. The van der Waals surface area contributed by atoms with Gasteiger partial charge in [-0.3, -0.25) is 0 Å². The molecule has 0 saturated carbocycles. The van der Waals surface area contributed by atoms with Crippen molar-refractivity contribution >= 4 is 22.1 Å². The normalized spacial score (nSPS) is 12.6. The zero-order chi connectivity index (χ0) is 14.5. The minimum atomic E-state index is -0.0990. The average molecular weight is 410 g/mol. The summed E-state index contributed by atoms with van der Waals surface area (Å²) in [5.41, 5.74) is 0. The zero-order valence-electron chi connectivity index (χ0n) is 11.8. The molecule has 0 aliphatic rings. The third kappa shape index (κ3) is 3.56. The fourth-order valence-electron chi connectivity index (χ4n) is 2.14. The van der Waals surface area contributed by atoms with Crippen molar-refractivity contribution < 1.29 is 25.9 Å². The van der Waals surface area contributed by atoms with Crippen molar-refractivity contribution in [1.29, 1.82) is 0 Å². The summed E-state index contributed by atoms with van der Waals surface area (Å²) in [5.74, 6) is 0.988. The first-order valence-electron chi connectivity index (χ1n) is 6.78. The fraction of sp³-hybridized carbons (Fsp3) is 0.176. The number of alkyl halides is 2. The molecule has 0 saturated heterocycles. The van der Waals surface area contributed by atoms with Crippen molar-refractivity contribution in [3.63, 3.8) is 0 Å². The van der Waals surface area contributed by atoms with Crippen LogP contribution in [0, 0.1) is 0 Å². The van der Waals surface area contributed by atoms with E-state index in [1.807, 2.05) is 7.05 Å². The molecule has 0 unspecified atom stereocenters. The van der Waals surface area contributed by atoms with Gasteiger partial charge in [0.05, 0.1) is 0 Å². The van der Waals surface area contributed by atoms with Crippen LogP contribution in [0.3, 0.4) is 0 Å². The molecule has 1 aromatic heterocycles. The summed E-state index contributed by atoms with van der Waals surface area (Å²) in [6, 6.07) is 18.9. The first kappa shape index (κ1) is 14.8. The maximum absolute atomic E-state index is 6.39. The number of ether oxygens (including phenoxy) is 1. The Kier molecular flexibility index (Phi) is 5.11. The fourth-order valence-corrected chi connectivity index (χ4v) is 5.57. The number of fused-ring (bicyclic) bond motifs is 1. The van der Waals surface area contributed by atoms with Crippen LogP contribution < -0.4 is 31.3 Å². The van der Waals surface area contributed by atoms with E-state index in [-0.39, 0.29) is 25.3 Å². The molecule has 3 rings (SSSR count). The number of hydrogen-bond acceptors (Lipinski definition) is 3. The topological polar surface area (TPSA) is 21.3 Å². The molecule has 0 aliphatic carbocycles. The van der Waals surface area contributed by atoms with E-state index in [2.05, 4.69) is 65.3 Å². The quantitative estimate of drug-likeness (QED) is 0.375. The van der Waals surface area contributed by atoms with Crippen molar-refractivity contribution in [2.24, 2.45) is 0 Å². The predicted octanol–water partition coefficient (Wildman–Crippen LogP) is 1.24. The number of hydrogen-bond donors (Lipinski definition) is 1. The van der Waals surface area contributed by atoms with E-state index < -0.39 is 0 Å². The molecule has 0 radical (unpaired) electrons. The Morgan fingerprint density at radius 1 is 1.10 bits per heavy atom. The molecule has 1 atom stereocenters. The number of halogens is 1. The van der Waals surface area contributed by atoms with E-state index in [1.54, 1.807) is 11.3 Å². The number of thiophene rings is 1. The predicted molar refractivity (Wildman–Crippen MR) is 85.6 cm³/mol. The second kappa shape index (κ2) is 7.24. The van der Waals surface area contributed by atoms with Gasteiger partial charge >= 0.3 is 140 Å². The summed E-state index contributed by atoms with van der Waals surface area (Å²) < 4.78 is 7.65. The van der Waals surface area contributed by atoms with Crippen LogP contribution in [0.5, 0.6) is 5.75 Å². The van der Waals surface area contributed by atoms with E-state index in [0.717, 1.165) is 10.3 Å². The van der Waals surface area contributed by atoms with E-state index >= 15 is 0 Å². The molecule has 2 nitrogen and oxygen atoms in total. The van der Waals surface area contributed by atoms with Crippen LogP contribution in [-0.4, -0.2) is 11.6 Å². The van der Waals surface area contributed by atoms with Gasteiger partial charge in [0.25, 0.3) is 0 Å². The molecule has 1 N–H and O–H groups in total. The van der Waals surface area contributed by atoms with Crippen LogP contribution in [0.1, 0.15) is 8.99 Å². The van der Waals surface area contributed by atoms with Crippen molar-refractivity contribution in [3.8, 4) is 5.75 Å². The van der Waals surface area contributed by atoms with Gasteiger partial charge in [-0.05, 0) is 0 Å². The van der Waals surface area contributed by atoms with Gasteiger partial charge < -0.3 is 0 Å². The third-order valence-corrected chi connectivity index (χ3v) is 7.36. The van der Waals surface area contributed by atoms with Crippen LogP contribution in [-0.2, 0) is 0 Å². The van der Waals surface area contributed by atoms with E-state index in [1.165, 1.54) is 15.6 Å². The molecular weight excluding hydrogens is 393 g/mol. The molecule has 0 amide bonds. The van der Waals surface area contributed by atoms with Crippen molar-refractivity contribution in [2.45, 2.75) is 4.11 Å². The Bertz CT molecular complexity index is 694. The Labute approximate surface area is 139 Å². The number of rotatable bonds is 6. The van der Waals surface area contributed by atoms with Crippen LogP contribution in [0.2, 0.25) is 0 Å². The Morgan fingerprint density at radius 2 is 1.95 bits per heavy atom. The summed E-state index contributed by atoms with van der Waals surface area (Å²) in [5, 5.41) is 7.80. The van der Waals surface area contributed by atoms with Crippen LogP contribution in [0.25, 0.3) is 10.8 Å². The molecule has 21 heavy (non-hydrogen) atoms. The van der Waals surface area contributed by atoms with E-state index in [4.69, 9.17) is 4.74 Å². The molecule has 110 valence electrons. The van der Waals surface area contributed by atoms with Crippen molar-refractivity contribution in [1.82, 2.24) is 5.32 Å². The van der Waals surface area contributed by atoms with Crippen LogP contribution >= 0.6 is 11.3 Å². The maximum atomic E-state index is 6.39.